The number of aromatic nitrogens is 1. The molecule has 2 aliphatic rings. The number of fused-ring (bicyclic) bond motifs is 1. The van der Waals surface area contributed by atoms with E-state index in [1.165, 1.54) is 16.5 Å². The zero-order chi connectivity index (χ0) is 24.3. The van der Waals surface area contributed by atoms with Crippen molar-refractivity contribution in [1.82, 2.24) is 20.1 Å². The Morgan fingerprint density at radius 3 is 2.76 bits per heavy atom. The molecular weight excluding hydrogens is 428 g/mol. The van der Waals surface area contributed by atoms with Gasteiger partial charge in [0.25, 0.3) is 0 Å². The number of nitrogens with one attached hydrogen (secondary N) is 2. The molecule has 3 N–H and O–H groups in total. The molecule has 2 heterocycles. The molecule has 1 saturated heterocycles. The highest BCUT2D eigenvalue weighted by Gasteiger charge is 2.39. The Kier molecular flexibility index (Phi) is 7.97. The van der Waals surface area contributed by atoms with Gasteiger partial charge in [0.15, 0.2) is 0 Å². The van der Waals surface area contributed by atoms with Crippen LogP contribution in [-0.4, -0.2) is 65.6 Å². The van der Waals surface area contributed by atoms with E-state index in [0.29, 0.717) is 6.04 Å². The summed E-state index contributed by atoms with van der Waals surface area (Å²) in [7, 11) is 1.74. The fraction of sp³-hybridized carbons (Fsp3) is 0.667. The Bertz CT molecular complexity index is 962. The summed E-state index contributed by atoms with van der Waals surface area (Å²) in [6.07, 6.45) is 5.75. The molecule has 34 heavy (non-hydrogen) atoms. The van der Waals surface area contributed by atoms with Gasteiger partial charge in [0.05, 0.1) is 0 Å². The summed E-state index contributed by atoms with van der Waals surface area (Å²) in [4.78, 5) is 14.8. The van der Waals surface area contributed by atoms with E-state index in [2.05, 4.69) is 50.6 Å². The predicted molar refractivity (Wildman–Crippen MR) is 135 cm³/mol. The molecule has 4 rings (SSSR count). The third kappa shape index (κ3) is 6.00. The van der Waals surface area contributed by atoms with Gasteiger partial charge in [-0.2, -0.15) is 0 Å². The molecular formula is C27H42N4O3. The predicted octanol–water partition coefficient (Wildman–Crippen LogP) is 3.10. The quantitative estimate of drug-likeness (QED) is 0.367. The first-order valence-electron chi connectivity index (χ1n) is 12.8. The molecule has 1 aromatic carbocycles. The number of benzene rings is 1. The van der Waals surface area contributed by atoms with Crippen LogP contribution in [0.25, 0.3) is 10.9 Å². The fourth-order valence-corrected chi connectivity index (χ4v) is 5.04. The molecule has 1 saturated carbocycles. The maximum Gasteiger partial charge on any atom is 0.225 e. The highest BCUT2D eigenvalue weighted by atomic mass is 16.5. The van der Waals surface area contributed by atoms with Gasteiger partial charge >= 0.3 is 0 Å². The number of nitrogens with zero attached hydrogens (tertiary/aromatic N) is 2. The van der Waals surface area contributed by atoms with E-state index in [1.54, 1.807) is 7.11 Å². The lowest BCUT2D eigenvalue weighted by Gasteiger charge is -2.39. The lowest BCUT2D eigenvalue weighted by atomic mass is 9.90. The summed E-state index contributed by atoms with van der Waals surface area (Å²) in [6, 6.07) is 9.02. The molecule has 0 spiro atoms. The third-order valence-corrected chi connectivity index (χ3v) is 7.15. The second-order valence-corrected chi connectivity index (χ2v) is 11.1. The zero-order valence-electron chi connectivity index (χ0n) is 21.2. The van der Waals surface area contributed by atoms with Crippen LogP contribution in [-0.2, 0) is 22.6 Å². The maximum atomic E-state index is 12.5. The Balaban J connectivity index is 1.47. The normalized spacial score (nSPS) is 22.3. The Morgan fingerprint density at radius 1 is 1.29 bits per heavy atom. The number of ether oxygens (including phenoxy) is 1. The minimum absolute atomic E-state index is 0.0453. The van der Waals surface area contributed by atoms with E-state index in [0.717, 1.165) is 58.5 Å². The molecule has 7 heteroatoms. The number of amides is 1. The minimum Gasteiger partial charge on any atom is -0.385 e. The van der Waals surface area contributed by atoms with Crippen LogP contribution >= 0.6 is 0 Å². The van der Waals surface area contributed by atoms with Gasteiger partial charge in [-0.1, -0.05) is 39.0 Å². The summed E-state index contributed by atoms with van der Waals surface area (Å²) in [6.45, 7) is 9.73. The number of aryl methyl sites for hydroxylation is 1. The second-order valence-electron chi connectivity index (χ2n) is 11.1. The summed E-state index contributed by atoms with van der Waals surface area (Å²) in [5.74, 6) is 0.143. The van der Waals surface area contributed by atoms with Crippen LogP contribution in [0.5, 0.6) is 0 Å². The molecule has 0 bridgehead atoms. The standard InChI is InChI=1S/C27H42N4O3/c1-27(2,3)26(33)29-21-14-19(15-28-16-21)25(32)31(22-10-11-22)18-20-17-30(12-7-13-34-4)24-9-6-5-8-23(20)24/h5-6,8-9,17,19,21-22,25,28,32H,7,10-16,18H2,1-4H3,(H,29,33)/t19?,21-,25?/m1/s1. The van der Waals surface area contributed by atoms with Crippen LogP contribution in [0, 0.1) is 11.3 Å². The van der Waals surface area contributed by atoms with Crippen LogP contribution in [0.2, 0.25) is 0 Å². The molecule has 2 unspecified atom stereocenters. The molecule has 1 aliphatic carbocycles. The second kappa shape index (κ2) is 10.8. The number of carbonyl (C=O) groups excluding carboxylic acids is 1. The number of carbonyl (C=O) groups is 1. The first kappa shape index (κ1) is 25.2. The first-order valence-corrected chi connectivity index (χ1v) is 12.8. The van der Waals surface area contributed by atoms with Gasteiger partial charge in [-0.05, 0) is 37.3 Å². The Morgan fingerprint density at radius 2 is 2.06 bits per heavy atom. The van der Waals surface area contributed by atoms with Crippen molar-refractivity contribution < 1.29 is 14.6 Å². The average Bonchev–Trinajstić information content (AvgIpc) is 3.60. The number of hydrogen-bond acceptors (Lipinski definition) is 5. The van der Waals surface area contributed by atoms with E-state index < -0.39 is 11.6 Å². The Labute approximate surface area is 203 Å². The van der Waals surface area contributed by atoms with Crippen molar-refractivity contribution in [1.29, 1.82) is 0 Å². The summed E-state index contributed by atoms with van der Waals surface area (Å²) >= 11 is 0. The average molecular weight is 471 g/mol. The molecule has 188 valence electrons. The summed E-state index contributed by atoms with van der Waals surface area (Å²) in [5.41, 5.74) is 2.09. The van der Waals surface area contributed by atoms with Gasteiger partial charge in [0, 0.05) is 80.4 Å². The van der Waals surface area contributed by atoms with Crippen LogP contribution in [0.3, 0.4) is 0 Å². The maximum absolute atomic E-state index is 12.5. The fourth-order valence-electron chi connectivity index (χ4n) is 5.04. The van der Waals surface area contributed by atoms with Crippen molar-refractivity contribution >= 4 is 16.8 Å². The number of para-hydroxylation sites is 1. The minimum atomic E-state index is -0.537. The van der Waals surface area contributed by atoms with E-state index in [1.807, 2.05) is 20.8 Å². The first-order chi connectivity index (χ1) is 16.3. The SMILES string of the molecule is COCCCn1cc(CN(C2CC2)C(O)C2CNC[C@H](NC(=O)C(C)(C)C)C2)c2ccccc21. The van der Waals surface area contributed by atoms with Crippen LogP contribution in [0.4, 0.5) is 0 Å². The van der Waals surface area contributed by atoms with E-state index in [-0.39, 0.29) is 17.9 Å². The Hall–Kier alpha value is -1.93. The lowest BCUT2D eigenvalue weighted by molar-refractivity contribution is -0.130. The monoisotopic (exact) mass is 470 g/mol. The van der Waals surface area contributed by atoms with E-state index in [4.69, 9.17) is 4.74 Å². The third-order valence-electron chi connectivity index (χ3n) is 7.15. The molecule has 1 aromatic heterocycles. The number of methoxy groups -OCH3 is 1. The summed E-state index contributed by atoms with van der Waals surface area (Å²) in [5, 5.41) is 19.4. The van der Waals surface area contributed by atoms with Gasteiger partial charge in [-0.25, -0.2) is 0 Å². The van der Waals surface area contributed by atoms with Crippen molar-refractivity contribution in [3.63, 3.8) is 0 Å². The van der Waals surface area contributed by atoms with Gasteiger partial charge in [-0.3, -0.25) is 9.69 Å². The topological polar surface area (TPSA) is 78.8 Å². The number of aliphatic hydroxyl groups is 1. The van der Waals surface area contributed by atoms with Gasteiger partial charge < -0.3 is 25.0 Å². The number of piperidine rings is 1. The van der Waals surface area contributed by atoms with Gasteiger partial charge in [0.2, 0.25) is 5.91 Å². The molecule has 0 radical (unpaired) electrons. The molecule has 2 aromatic rings. The molecule has 2 fully saturated rings. The van der Waals surface area contributed by atoms with E-state index in [9.17, 15) is 9.90 Å². The molecule has 1 aliphatic heterocycles. The van der Waals surface area contributed by atoms with E-state index >= 15 is 0 Å². The van der Waals surface area contributed by atoms with Crippen molar-refractivity contribution in [2.75, 3.05) is 26.8 Å². The largest absolute Gasteiger partial charge is 0.385 e. The molecule has 7 nitrogen and oxygen atoms in total. The van der Waals surface area contributed by atoms with Crippen LogP contribution < -0.4 is 10.6 Å². The molecule has 1 amide bonds. The van der Waals surface area contributed by atoms with Gasteiger partial charge in [0.1, 0.15) is 6.23 Å². The van der Waals surface area contributed by atoms with Crippen molar-refractivity contribution in [2.45, 2.75) is 77.9 Å². The van der Waals surface area contributed by atoms with Gasteiger partial charge in [-0.15, -0.1) is 0 Å². The number of rotatable bonds is 10. The highest BCUT2D eigenvalue weighted by Crippen LogP contribution is 2.34. The highest BCUT2D eigenvalue weighted by molar-refractivity contribution is 5.84. The molecule has 3 atom stereocenters. The summed E-state index contributed by atoms with van der Waals surface area (Å²) < 4.78 is 7.57. The zero-order valence-corrected chi connectivity index (χ0v) is 21.2. The van der Waals surface area contributed by atoms with Crippen molar-refractivity contribution in [2.24, 2.45) is 11.3 Å². The number of aliphatic hydroxyl groups excluding tert-OH is 1. The van der Waals surface area contributed by atoms with Crippen molar-refractivity contribution in [3.8, 4) is 0 Å². The van der Waals surface area contributed by atoms with Crippen LogP contribution in [0.1, 0.15) is 52.0 Å². The smallest absolute Gasteiger partial charge is 0.225 e. The van der Waals surface area contributed by atoms with Crippen LogP contribution in [0.15, 0.2) is 30.5 Å². The lowest BCUT2D eigenvalue weighted by Crippen LogP contribution is -2.55. The van der Waals surface area contributed by atoms with Crippen molar-refractivity contribution in [3.05, 3.63) is 36.0 Å². The number of hydrogen-bond donors (Lipinski definition) is 3.